The lowest BCUT2D eigenvalue weighted by atomic mass is 10.4. The molecule has 4 heteroatoms. The Hall–Kier alpha value is -0.0900. The fraction of sp³-hybridized carbons (Fsp3) is 0.833. The molecule has 59 valence electrons. The van der Waals surface area contributed by atoms with Crippen LogP contribution in [-0.2, 0) is 10.0 Å². The standard InChI is InChI=1S/C6H12NO2S/c1-2-4-7-5-3-6-10(7,8)9/h1-6H2. The zero-order valence-electron chi connectivity index (χ0n) is 5.91. The Balaban J connectivity index is 2.60. The van der Waals surface area contributed by atoms with Crippen LogP contribution in [0.3, 0.4) is 0 Å². The molecule has 1 heterocycles. The van der Waals surface area contributed by atoms with Gasteiger partial charge in [-0.15, -0.1) is 0 Å². The second-order valence-electron chi connectivity index (χ2n) is 2.42. The van der Waals surface area contributed by atoms with Gasteiger partial charge in [-0.05, 0) is 12.8 Å². The highest BCUT2D eigenvalue weighted by molar-refractivity contribution is 7.89. The van der Waals surface area contributed by atoms with Crippen LogP contribution < -0.4 is 0 Å². The quantitative estimate of drug-likeness (QED) is 0.583. The molecule has 1 aliphatic heterocycles. The summed E-state index contributed by atoms with van der Waals surface area (Å²) in [6.45, 7) is 4.89. The molecular weight excluding hydrogens is 150 g/mol. The summed E-state index contributed by atoms with van der Waals surface area (Å²) in [6.07, 6.45) is 1.45. The molecule has 1 aliphatic rings. The highest BCUT2D eigenvalue weighted by atomic mass is 32.2. The molecule has 0 amide bonds. The van der Waals surface area contributed by atoms with Crippen molar-refractivity contribution in [3.8, 4) is 0 Å². The van der Waals surface area contributed by atoms with Crippen molar-refractivity contribution in [2.75, 3.05) is 18.8 Å². The fourth-order valence-electron chi connectivity index (χ4n) is 1.12. The molecule has 1 radical (unpaired) electrons. The molecule has 0 N–H and O–H groups in total. The summed E-state index contributed by atoms with van der Waals surface area (Å²) in [4.78, 5) is 0. The number of sulfonamides is 1. The summed E-state index contributed by atoms with van der Waals surface area (Å²) in [5.74, 6) is 0.326. The van der Waals surface area contributed by atoms with Crippen LogP contribution >= 0.6 is 0 Å². The van der Waals surface area contributed by atoms with Crippen molar-refractivity contribution < 1.29 is 8.42 Å². The number of rotatable bonds is 2. The first-order valence-corrected chi connectivity index (χ1v) is 5.05. The van der Waals surface area contributed by atoms with Gasteiger partial charge in [0.2, 0.25) is 10.0 Å². The van der Waals surface area contributed by atoms with Crippen molar-refractivity contribution in [2.24, 2.45) is 0 Å². The average molecular weight is 162 g/mol. The Morgan fingerprint density at radius 2 is 2.20 bits per heavy atom. The summed E-state index contributed by atoms with van der Waals surface area (Å²) < 4.78 is 23.6. The molecule has 0 aromatic carbocycles. The Bertz CT molecular complexity index is 198. The summed E-state index contributed by atoms with van der Waals surface area (Å²) in [7, 11) is -2.86. The van der Waals surface area contributed by atoms with E-state index in [9.17, 15) is 8.42 Å². The number of hydrogen-bond donors (Lipinski definition) is 0. The second-order valence-corrected chi connectivity index (χ2v) is 4.51. The average Bonchev–Trinajstić information content (AvgIpc) is 2.13. The van der Waals surface area contributed by atoms with Gasteiger partial charge >= 0.3 is 0 Å². The second kappa shape index (κ2) is 2.88. The minimum atomic E-state index is -2.86. The van der Waals surface area contributed by atoms with Gasteiger partial charge in [0, 0.05) is 13.1 Å². The van der Waals surface area contributed by atoms with E-state index in [-0.39, 0.29) is 0 Å². The topological polar surface area (TPSA) is 37.4 Å². The molecule has 3 nitrogen and oxygen atoms in total. The normalized spacial score (nSPS) is 25.3. The molecule has 1 saturated heterocycles. The number of hydrogen-bond acceptors (Lipinski definition) is 2. The van der Waals surface area contributed by atoms with Gasteiger partial charge in [-0.3, -0.25) is 0 Å². The van der Waals surface area contributed by atoms with Crippen molar-refractivity contribution in [2.45, 2.75) is 12.8 Å². The Labute approximate surface area is 62.1 Å². The van der Waals surface area contributed by atoms with Crippen LogP contribution in [0.1, 0.15) is 12.8 Å². The van der Waals surface area contributed by atoms with Gasteiger partial charge in [-0.25, -0.2) is 12.7 Å². The third kappa shape index (κ3) is 1.49. The zero-order valence-corrected chi connectivity index (χ0v) is 6.73. The first-order valence-electron chi connectivity index (χ1n) is 3.44. The molecule has 0 aliphatic carbocycles. The predicted molar refractivity (Wildman–Crippen MR) is 40.0 cm³/mol. The highest BCUT2D eigenvalue weighted by Crippen LogP contribution is 2.12. The Morgan fingerprint density at radius 3 is 2.60 bits per heavy atom. The Kier molecular flexibility index (Phi) is 2.31. The van der Waals surface area contributed by atoms with Gasteiger partial charge in [0.25, 0.3) is 0 Å². The first-order chi connectivity index (χ1) is 4.67. The molecule has 0 unspecified atom stereocenters. The maximum atomic E-state index is 11.0. The van der Waals surface area contributed by atoms with Gasteiger partial charge in [0.05, 0.1) is 5.75 Å². The molecule has 0 aromatic rings. The minimum absolute atomic E-state index is 0.326. The van der Waals surface area contributed by atoms with E-state index >= 15 is 0 Å². The predicted octanol–water partition coefficient (Wildman–Crippen LogP) is 0.246. The largest absolute Gasteiger partial charge is 0.214 e. The van der Waals surface area contributed by atoms with Crippen molar-refractivity contribution in [3.63, 3.8) is 0 Å². The van der Waals surface area contributed by atoms with E-state index in [1.54, 1.807) is 0 Å². The molecule has 1 fully saturated rings. The molecule has 0 aromatic heterocycles. The molecule has 10 heavy (non-hydrogen) atoms. The smallest absolute Gasteiger partial charge is 0.212 e. The third-order valence-corrected chi connectivity index (χ3v) is 3.57. The van der Waals surface area contributed by atoms with Crippen molar-refractivity contribution in [1.82, 2.24) is 4.31 Å². The van der Waals surface area contributed by atoms with Crippen molar-refractivity contribution in [1.29, 1.82) is 0 Å². The summed E-state index contributed by atoms with van der Waals surface area (Å²) >= 11 is 0. The summed E-state index contributed by atoms with van der Waals surface area (Å²) in [5.41, 5.74) is 0. The first kappa shape index (κ1) is 8.01. The van der Waals surface area contributed by atoms with Crippen LogP contribution in [0, 0.1) is 6.92 Å². The van der Waals surface area contributed by atoms with E-state index in [1.165, 1.54) is 4.31 Å². The summed E-state index contributed by atoms with van der Waals surface area (Å²) in [5, 5.41) is 0. The van der Waals surface area contributed by atoms with Gasteiger partial charge in [-0.2, -0.15) is 0 Å². The molecule has 0 saturated carbocycles. The van der Waals surface area contributed by atoms with E-state index in [2.05, 4.69) is 6.92 Å². The van der Waals surface area contributed by atoms with Crippen LogP contribution in [0.15, 0.2) is 0 Å². The van der Waals surface area contributed by atoms with Crippen molar-refractivity contribution in [3.05, 3.63) is 6.92 Å². The molecular formula is C6H12NO2S. The minimum Gasteiger partial charge on any atom is -0.212 e. The van der Waals surface area contributed by atoms with Gasteiger partial charge in [0.1, 0.15) is 0 Å². The lowest BCUT2D eigenvalue weighted by Gasteiger charge is -2.11. The van der Waals surface area contributed by atoms with E-state index in [0.29, 0.717) is 25.3 Å². The lowest BCUT2D eigenvalue weighted by molar-refractivity contribution is 0.449. The number of nitrogens with zero attached hydrogens (tertiary/aromatic N) is 1. The lowest BCUT2D eigenvalue weighted by Crippen LogP contribution is -2.26. The molecule has 0 bridgehead atoms. The monoisotopic (exact) mass is 162 g/mol. The SMILES string of the molecule is [CH2]CCN1CCCS1(=O)=O. The fourth-order valence-corrected chi connectivity index (χ4v) is 2.69. The van der Waals surface area contributed by atoms with Gasteiger partial charge in [0.15, 0.2) is 0 Å². The van der Waals surface area contributed by atoms with Crippen molar-refractivity contribution >= 4 is 10.0 Å². The summed E-state index contributed by atoms with van der Waals surface area (Å²) in [6, 6.07) is 0. The molecule has 0 atom stereocenters. The van der Waals surface area contributed by atoms with E-state index < -0.39 is 10.0 Å². The van der Waals surface area contributed by atoms with E-state index in [1.807, 2.05) is 0 Å². The molecule has 0 spiro atoms. The van der Waals surface area contributed by atoms with Crippen LogP contribution in [0.25, 0.3) is 0 Å². The maximum absolute atomic E-state index is 11.0. The van der Waals surface area contributed by atoms with E-state index in [0.717, 1.165) is 6.42 Å². The molecule has 1 rings (SSSR count). The zero-order chi connectivity index (χ0) is 7.61. The Morgan fingerprint density at radius 1 is 1.50 bits per heavy atom. The van der Waals surface area contributed by atoms with Crippen LogP contribution in [0.2, 0.25) is 0 Å². The third-order valence-electron chi connectivity index (χ3n) is 1.61. The van der Waals surface area contributed by atoms with Crippen LogP contribution in [-0.4, -0.2) is 31.6 Å². The van der Waals surface area contributed by atoms with Crippen LogP contribution in [0.5, 0.6) is 0 Å². The van der Waals surface area contributed by atoms with Gasteiger partial charge < -0.3 is 0 Å². The van der Waals surface area contributed by atoms with Gasteiger partial charge in [-0.1, -0.05) is 6.92 Å². The maximum Gasteiger partial charge on any atom is 0.214 e. The van der Waals surface area contributed by atoms with E-state index in [4.69, 9.17) is 0 Å². The highest BCUT2D eigenvalue weighted by Gasteiger charge is 2.26. The van der Waals surface area contributed by atoms with Crippen LogP contribution in [0.4, 0.5) is 0 Å².